The van der Waals surface area contributed by atoms with Gasteiger partial charge in [-0.1, -0.05) is 23.9 Å². The summed E-state index contributed by atoms with van der Waals surface area (Å²) in [6.07, 6.45) is 5.22. The first kappa shape index (κ1) is 24.1. The normalized spacial score (nSPS) is 16.8. The van der Waals surface area contributed by atoms with Gasteiger partial charge in [-0.3, -0.25) is 4.99 Å². The lowest BCUT2D eigenvalue weighted by Gasteiger charge is -2.36. The minimum atomic E-state index is 0. The average Bonchev–Trinajstić information content (AvgIpc) is 3.26. The summed E-state index contributed by atoms with van der Waals surface area (Å²) in [5, 5.41) is 9.04. The van der Waals surface area contributed by atoms with Gasteiger partial charge in [-0.25, -0.2) is 4.98 Å². The van der Waals surface area contributed by atoms with Crippen molar-refractivity contribution in [1.82, 2.24) is 15.6 Å². The fourth-order valence-corrected chi connectivity index (χ4v) is 4.96. The van der Waals surface area contributed by atoms with E-state index in [1.807, 2.05) is 42.5 Å². The van der Waals surface area contributed by atoms with Crippen LogP contribution in [0.25, 0.3) is 0 Å². The molecule has 1 aliphatic heterocycles. The number of aliphatic imine (C=N–C) groups is 1. The molecule has 6 nitrogen and oxygen atoms in total. The van der Waals surface area contributed by atoms with Gasteiger partial charge in [-0.2, -0.15) is 0 Å². The van der Waals surface area contributed by atoms with Crippen molar-refractivity contribution in [3.05, 3.63) is 35.8 Å². The molecular weight excluding hydrogens is 517 g/mol. The van der Waals surface area contributed by atoms with Crippen molar-refractivity contribution >= 4 is 58.7 Å². The lowest BCUT2D eigenvalue weighted by molar-refractivity contribution is 0.408. The Morgan fingerprint density at radius 3 is 3.03 bits per heavy atom. The Hall–Kier alpha value is -1.20. The molecule has 2 N–H and O–H groups in total. The summed E-state index contributed by atoms with van der Waals surface area (Å²) in [6.45, 7) is 2.90. The maximum absolute atomic E-state index is 5.54. The highest BCUT2D eigenvalue weighted by molar-refractivity contribution is 14.0. The van der Waals surface area contributed by atoms with E-state index in [0.717, 1.165) is 60.7 Å². The van der Waals surface area contributed by atoms with Crippen LogP contribution in [0.5, 0.6) is 5.75 Å². The maximum Gasteiger partial charge on any atom is 0.191 e. The van der Waals surface area contributed by atoms with Crippen LogP contribution in [-0.4, -0.2) is 56.5 Å². The standard InChI is InChI=1S/C20H29N5OS2.HI/c1-21-19(22-10-6-13-27-20-23-11-14-28-20)24-16-7-5-12-25(15-16)17-8-3-4-9-18(17)26-2;/h3-4,8-9,11,14,16H,5-7,10,12-13,15H2,1-2H3,(H2,21,22,24);1H. The monoisotopic (exact) mass is 547 g/mol. The molecule has 2 heterocycles. The van der Waals surface area contributed by atoms with Gasteiger partial charge in [-0.05, 0) is 31.4 Å². The number of nitrogens with zero attached hydrogens (tertiary/aromatic N) is 3. The molecule has 2 aromatic rings. The number of rotatable bonds is 8. The molecule has 3 rings (SSSR count). The molecule has 160 valence electrons. The zero-order valence-corrected chi connectivity index (χ0v) is 20.9. The third-order valence-corrected chi connectivity index (χ3v) is 6.71. The van der Waals surface area contributed by atoms with E-state index in [9.17, 15) is 0 Å². The number of benzene rings is 1. The van der Waals surface area contributed by atoms with Gasteiger partial charge in [0.05, 0.1) is 12.8 Å². The summed E-state index contributed by atoms with van der Waals surface area (Å²) in [5.41, 5.74) is 1.17. The second-order valence-electron chi connectivity index (χ2n) is 6.60. The molecule has 0 amide bonds. The van der Waals surface area contributed by atoms with E-state index in [-0.39, 0.29) is 24.0 Å². The second-order valence-corrected chi connectivity index (χ2v) is 8.84. The number of ether oxygens (including phenoxy) is 1. The number of guanidine groups is 1. The second kappa shape index (κ2) is 13.2. The lowest BCUT2D eigenvalue weighted by Crippen LogP contribution is -2.51. The number of thiazole rings is 1. The van der Waals surface area contributed by atoms with Crippen LogP contribution in [0.2, 0.25) is 0 Å². The zero-order valence-electron chi connectivity index (χ0n) is 17.0. The maximum atomic E-state index is 5.54. The molecule has 0 saturated carbocycles. The van der Waals surface area contributed by atoms with Gasteiger partial charge in [0.2, 0.25) is 0 Å². The van der Waals surface area contributed by atoms with Crippen LogP contribution in [-0.2, 0) is 0 Å². The van der Waals surface area contributed by atoms with Crippen molar-refractivity contribution in [2.24, 2.45) is 4.99 Å². The molecule has 29 heavy (non-hydrogen) atoms. The molecule has 1 aromatic heterocycles. The van der Waals surface area contributed by atoms with E-state index in [0.29, 0.717) is 6.04 Å². The summed E-state index contributed by atoms with van der Waals surface area (Å²) in [6, 6.07) is 8.61. The average molecular weight is 548 g/mol. The fraction of sp³-hybridized carbons (Fsp3) is 0.500. The third-order valence-electron chi connectivity index (χ3n) is 4.66. The summed E-state index contributed by atoms with van der Waals surface area (Å²) in [7, 11) is 3.57. The number of hydrogen-bond acceptors (Lipinski definition) is 6. The predicted molar refractivity (Wildman–Crippen MR) is 136 cm³/mol. The molecule has 0 spiro atoms. The van der Waals surface area contributed by atoms with E-state index < -0.39 is 0 Å². The first-order valence-electron chi connectivity index (χ1n) is 9.67. The van der Waals surface area contributed by atoms with Gasteiger partial charge < -0.3 is 20.3 Å². The third kappa shape index (κ3) is 7.53. The summed E-state index contributed by atoms with van der Waals surface area (Å²) >= 11 is 3.51. The van der Waals surface area contributed by atoms with Crippen LogP contribution in [0.15, 0.2) is 45.2 Å². The number of para-hydroxylation sites is 2. The van der Waals surface area contributed by atoms with Crippen molar-refractivity contribution in [3.8, 4) is 5.75 Å². The minimum absolute atomic E-state index is 0. The van der Waals surface area contributed by atoms with Crippen LogP contribution in [0.3, 0.4) is 0 Å². The van der Waals surface area contributed by atoms with Crippen LogP contribution < -0.4 is 20.3 Å². The number of thioether (sulfide) groups is 1. The molecular formula is C20H30IN5OS2. The number of aromatic nitrogens is 1. The first-order valence-corrected chi connectivity index (χ1v) is 11.5. The topological polar surface area (TPSA) is 61.8 Å². The highest BCUT2D eigenvalue weighted by Crippen LogP contribution is 2.29. The van der Waals surface area contributed by atoms with Crippen molar-refractivity contribution in [2.75, 3.05) is 44.4 Å². The number of piperidine rings is 1. The van der Waals surface area contributed by atoms with Gasteiger partial charge in [0.25, 0.3) is 0 Å². The van der Waals surface area contributed by atoms with E-state index in [1.165, 1.54) is 5.69 Å². The first-order chi connectivity index (χ1) is 13.8. The van der Waals surface area contributed by atoms with Crippen LogP contribution in [0, 0.1) is 0 Å². The number of methoxy groups -OCH3 is 1. The van der Waals surface area contributed by atoms with Gasteiger partial charge in [0, 0.05) is 50.1 Å². The highest BCUT2D eigenvalue weighted by Gasteiger charge is 2.22. The Bertz CT molecular complexity index is 744. The van der Waals surface area contributed by atoms with E-state index in [2.05, 4.69) is 37.6 Å². The van der Waals surface area contributed by atoms with E-state index in [4.69, 9.17) is 4.74 Å². The van der Waals surface area contributed by atoms with Gasteiger partial charge >= 0.3 is 0 Å². The predicted octanol–water partition coefficient (Wildman–Crippen LogP) is 4.09. The minimum Gasteiger partial charge on any atom is -0.495 e. The summed E-state index contributed by atoms with van der Waals surface area (Å²) in [5.74, 6) is 2.87. The molecule has 9 heteroatoms. The number of nitrogens with one attached hydrogen (secondary N) is 2. The number of halogens is 1. The van der Waals surface area contributed by atoms with Crippen LogP contribution in [0.4, 0.5) is 5.69 Å². The van der Waals surface area contributed by atoms with Crippen LogP contribution in [0.1, 0.15) is 19.3 Å². The molecule has 0 aliphatic carbocycles. The number of hydrogen-bond donors (Lipinski definition) is 2. The van der Waals surface area contributed by atoms with Crippen molar-refractivity contribution in [2.45, 2.75) is 29.6 Å². The fourth-order valence-electron chi connectivity index (χ4n) is 3.31. The molecule has 0 radical (unpaired) electrons. The number of anilines is 1. The Morgan fingerprint density at radius 1 is 1.41 bits per heavy atom. The van der Waals surface area contributed by atoms with Crippen molar-refractivity contribution in [1.29, 1.82) is 0 Å². The largest absolute Gasteiger partial charge is 0.495 e. The molecule has 1 fully saturated rings. The van der Waals surface area contributed by atoms with Gasteiger partial charge in [0.15, 0.2) is 5.96 Å². The molecule has 1 aromatic carbocycles. The summed E-state index contributed by atoms with van der Waals surface area (Å²) < 4.78 is 6.68. The Balaban J connectivity index is 0.00000300. The van der Waals surface area contributed by atoms with Gasteiger partial charge in [-0.15, -0.1) is 35.3 Å². The molecule has 0 bridgehead atoms. The molecule has 1 aliphatic rings. The zero-order chi connectivity index (χ0) is 19.6. The van der Waals surface area contributed by atoms with Crippen LogP contribution >= 0.6 is 47.1 Å². The SMILES string of the molecule is CN=C(NCCCSc1nccs1)NC1CCCN(c2ccccc2OC)C1.I. The molecule has 1 saturated heterocycles. The Labute approximate surface area is 198 Å². The van der Waals surface area contributed by atoms with E-state index in [1.54, 1.807) is 18.4 Å². The Kier molecular flexibility index (Phi) is 10.9. The van der Waals surface area contributed by atoms with Gasteiger partial charge in [0.1, 0.15) is 10.1 Å². The Morgan fingerprint density at radius 2 is 2.28 bits per heavy atom. The molecule has 1 unspecified atom stereocenters. The highest BCUT2D eigenvalue weighted by atomic mass is 127. The lowest BCUT2D eigenvalue weighted by atomic mass is 10.0. The smallest absolute Gasteiger partial charge is 0.191 e. The quantitative estimate of drug-likeness (QED) is 0.171. The summed E-state index contributed by atoms with van der Waals surface area (Å²) in [4.78, 5) is 11.1. The van der Waals surface area contributed by atoms with E-state index >= 15 is 0 Å². The van der Waals surface area contributed by atoms with Crippen molar-refractivity contribution in [3.63, 3.8) is 0 Å². The molecule has 1 atom stereocenters. The van der Waals surface area contributed by atoms with Crippen molar-refractivity contribution < 1.29 is 4.74 Å².